The summed E-state index contributed by atoms with van der Waals surface area (Å²) in [6.07, 6.45) is 5.56. The van der Waals surface area contributed by atoms with E-state index in [-0.39, 0.29) is 0 Å². The molecule has 0 bridgehead atoms. The van der Waals surface area contributed by atoms with Gasteiger partial charge in [0.15, 0.2) is 5.95 Å². The van der Waals surface area contributed by atoms with Gasteiger partial charge in [-0.25, -0.2) is 4.98 Å². The second-order valence-electron chi connectivity index (χ2n) is 3.15. The van der Waals surface area contributed by atoms with Crippen molar-refractivity contribution in [3.8, 4) is 11.3 Å². The third kappa shape index (κ3) is 1.26. The summed E-state index contributed by atoms with van der Waals surface area (Å²) in [5, 5.41) is 4.20. The SMILES string of the molecule is CCn1cc(-c2cnc(N)n2C)cn1. The van der Waals surface area contributed by atoms with Crippen LogP contribution in [0.15, 0.2) is 18.6 Å². The summed E-state index contributed by atoms with van der Waals surface area (Å²) in [5.41, 5.74) is 7.67. The van der Waals surface area contributed by atoms with Gasteiger partial charge >= 0.3 is 0 Å². The van der Waals surface area contributed by atoms with Gasteiger partial charge in [-0.2, -0.15) is 5.10 Å². The molecule has 2 aromatic rings. The summed E-state index contributed by atoms with van der Waals surface area (Å²) >= 11 is 0. The average Bonchev–Trinajstić information content (AvgIpc) is 2.75. The molecule has 0 saturated carbocycles. The standard InChI is InChI=1S/C9H13N5/c1-3-14-6-7(4-12-14)8-5-11-9(10)13(8)2/h4-6H,3H2,1-2H3,(H2,10,11). The molecule has 5 nitrogen and oxygen atoms in total. The van der Waals surface area contributed by atoms with Crippen molar-refractivity contribution in [2.75, 3.05) is 5.73 Å². The largest absolute Gasteiger partial charge is 0.369 e. The molecule has 5 heteroatoms. The zero-order chi connectivity index (χ0) is 10.1. The molecule has 0 unspecified atom stereocenters. The first-order valence-electron chi connectivity index (χ1n) is 4.52. The van der Waals surface area contributed by atoms with Gasteiger partial charge in [0.25, 0.3) is 0 Å². The molecule has 2 rings (SSSR count). The molecule has 0 aliphatic rings. The van der Waals surface area contributed by atoms with E-state index in [4.69, 9.17) is 5.73 Å². The minimum absolute atomic E-state index is 0.518. The molecule has 14 heavy (non-hydrogen) atoms. The van der Waals surface area contributed by atoms with Crippen LogP contribution in [0.3, 0.4) is 0 Å². The number of rotatable bonds is 2. The normalized spacial score (nSPS) is 10.7. The Hall–Kier alpha value is -1.78. The fraction of sp³-hybridized carbons (Fsp3) is 0.333. The number of nitrogens with zero attached hydrogens (tertiary/aromatic N) is 4. The van der Waals surface area contributed by atoms with Crippen molar-refractivity contribution in [2.24, 2.45) is 7.05 Å². The molecule has 0 aromatic carbocycles. The summed E-state index contributed by atoms with van der Waals surface area (Å²) in [5.74, 6) is 0.518. The molecule has 0 amide bonds. The molecule has 2 N–H and O–H groups in total. The van der Waals surface area contributed by atoms with Crippen molar-refractivity contribution in [3.05, 3.63) is 18.6 Å². The van der Waals surface area contributed by atoms with E-state index in [1.165, 1.54) is 0 Å². The van der Waals surface area contributed by atoms with Crippen LogP contribution >= 0.6 is 0 Å². The minimum atomic E-state index is 0.518. The molecular weight excluding hydrogens is 178 g/mol. The Morgan fingerprint density at radius 3 is 2.71 bits per heavy atom. The Labute approximate surface area is 82.2 Å². The van der Waals surface area contributed by atoms with Gasteiger partial charge in [0.1, 0.15) is 0 Å². The number of aromatic nitrogens is 4. The summed E-state index contributed by atoms with van der Waals surface area (Å²) in [6, 6.07) is 0. The summed E-state index contributed by atoms with van der Waals surface area (Å²) in [7, 11) is 1.89. The highest BCUT2D eigenvalue weighted by Crippen LogP contribution is 2.19. The lowest BCUT2D eigenvalue weighted by atomic mass is 10.3. The van der Waals surface area contributed by atoms with Gasteiger partial charge in [0.2, 0.25) is 0 Å². The Morgan fingerprint density at radius 1 is 1.43 bits per heavy atom. The van der Waals surface area contributed by atoms with E-state index in [9.17, 15) is 0 Å². The lowest BCUT2D eigenvalue weighted by molar-refractivity contribution is 0.660. The number of anilines is 1. The van der Waals surface area contributed by atoms with Crippen LogP contribution < -0.4 is 5.73 Å². The van der Waals surface area contributed by atoms with Crippen LogP contribution in [-0.4, -0.2) is 19.3 Å². The van der Waals surface area contributed by atoms with Crippen LogP contribution in [0.5, 0.6) is 0 Å². The first-order chi connectivity index (χ1) is 6.72. The van der Waals surface area contributed by atoms with E-state index in [1.54, 1.807) is 6.20 Å². The van der Waals surface area contributed by atoms with Gasteiger partial charge in [-0.05, 0) is 6.92 Å². The number of nitrogens with two attached hydrogens (primary N) is 1. The molecule has 74 valence electrons. The Kier molecular flexibility index (Phi) is 1.99. The Balaban J connectivity index is 2.44. The molecule has 0 fully saturated rings. The van der Waals surface area contributed by atoms with Gasteiger partial charge in [-0.15, -0.1) is 0 Å². The number of aryl methyl sites for hydroxylation is 1. The third-order valence-corrected chi connectivity index (χ3v) is 2.28. The molecule has 2 aromatic heterocycles. The summed E-state index contributed by atoms with van der Waals surface area (Å²) < 4.78 is 3.72. The van der Waals surface area contributed by atoms with Gasteiger partial charge in [-0.3, -0.25) is 4.68 Å². The van der Waals surface area contributed by atoms with E-state index in [1.807, 2.05) is 35.6 Å². The van der Waals surface area contributed by atoms with Crippen LogP contribution in [0, 0.1) is 0 Å². The molecule has 0 spiro atoms. The average molecular weight is 191 g/mol. The number of imidazole rings is 1. The zero-order valence-corrected chi connectivity index (χ0v) is 8.31. The fourth-order valence-corrected chi connectivity index (χ4v) is 1.36. The number of nitrogen functional groups attached to an aromatic ring is 1. The second-order valence-corrected chi connectivity index (χ2v) is 3.15. The Bertz CT molecular complexity index is 440. The van der Waals surface area contributed by atoms with Crippen molar-refractivity contribution >= 4 is 5.95 Å². The maximum atomic E-state index is 5.64. The molecular formula is C9H13N5. The lowest BCUT2D eigenvalue weighted by Crippen LogP contribution is -1.98. The molecule has 0 atom stereocenters. The van der Waals surface area contributed by atoms with E-state index in [0.717, 1.165) is 17.8 Å². The van der Waals surface area contributed by atoms with Crippen molar-refractivity contribution in [1.29, 1.82) is 0 Å². The Morgan fingerprint density at radius 2 is 2.21 bits per heavy atom. The predicted molar refractivity (Wildman–Crippen MR) is 54.5 cm³/mol. The van der Waals surface area contributed by atoms with Crippen LogP contribution in [0.4, 0.5) is 5.95 Å². The van der Waals surface area contributed by atoms with Crippen LogP contribution in [0.25, 0.3) is 11.3 Å². The lowest BCUT2D eigenvalue weighted by Gasteiger charge is -1.99. The number of hydrogen-bond acceptors (Lipinski definition) is 3. The fourth-order valence-electron chi connectivity index (χ4n) is 1.36. The van der Waals surface area contributed by atoms with Crippen molar-refractivity contribution in [3.63, 3.8) is 0 Å². The van der Waals surface area contributed by atoms with Crippen molar-refractivity contribution in [1.82, 2.24) is 19.3 Å². The highest BCUT2D eigenvalue weighted by atomic mass is 15.3. The second kappa shape index (κ2) is 3.17. The van der Waals surface area contributed by atoms with Gasteiger partial charge in [-0.1, -0.05) is 0 Å². The zero-order valence-electron chi connectivity index (χ0n) is 8.31. The molecule has 2 heterocycles. The maximum absolute atomic E-state index is 5.64. The van der Waals surface area contributed by atoms with E-state index in [0.29, 0.717) is 5.95 Å². The summed E-state index contributed by atoms with van der Waals surface area (Å²) in [4.78, 5) is 4.03. The molecule has 0 aliphatic heterocycles. The molecule has 0 saturated heterocycles. The van der Waals surface area contributed by atoms with Gasteiger partial charge in [0, 0.05) is 25.4 Å². The van der Waals surface area contributed by atoms with Crippen LogP contribution in [0.1, 0.15) is 6.92 Å². The minimum Gasteiger partial charge on any atom is -0.369 e. The van der Waals surface area contributed by atoms with Crippen molar-refractivity contribution < 1.29 is 0 Å². The highest BCUT2D eigenvalue weighted by molar-refractivity contribution is 5.59. The first-order valence-corrected chi connectivity index (χ1v) is 4.52. The monoisotopic (exact) mass is 191 g/mol. The quantitative estimate of drug-likeness (QED) is 0.766. The van der Waals surface area contributed by atoms with Crippen LogP contribution in [0.2, 0.25) is 0 Å². The summed E-state index contributed by atoms with van der Waals surface area (Å²) in [6.45, 7) is 2.92. The number of hydrogen-bond donors (Lipinski definition) is 1. The van der Waals surface area contributed by atoms with E-state index >= 15 is 0 Å². The third-order valence-electron chi connectivity index (χ3n) is 2.28. The van der Waals surface area contributed by atoms with Crippen LogP contribution in [-0.2, 0) is 13.6 Å². The van der Waals surface area contributed by atoms with Crippen molar-refractivity contribution in [2.45, 2.75) is 13.5 Å². The topological polar surface area (TPSA) is 61.7 Å². The maximum Gasteiger partial charge on any atom is 0.200 e. The van der Waals surface area contributed by atoms with Gasteiger partial charge < -0.3 is 10.3 Å². The predicted octanol–water partition coefficient (Wildman–Crippen LogP) is 0.886. The highest BCUT2D eigenvalue weighted by Gasteiger charge is 2.07. The smallest absolute Gasteiger partial charge is 0.200 e. The molecule has 0 aliphatic carbocycles. The van der Waals surface area contributed by atoms with E-state index < -0.39 is 0 Å². The van der Waals surface area contributed by atoms with E-state index in [2.05, 4.69) is 10.1 Å². The van der Waals surface area contributed by atoms with Gasteiger partial charge in [0.05, 0.1) is 18.1 Å². The molecule has 0 radical (unpaired) electrons. The first kappa shape index (κ1) is 8.80.